The summed E-state index contributed by atoms with van der Waals surface area (Å²) in [6, 6.07) is -0.673. The first kappa shape index (κ1) is 11.3. The zero-order chi connectivity index (χ0) is 10.8. The van der Waals surface area contributed by atoms with Crippen molar-refractivity contribution < 1.29 is 13.2 Å². The van der Waals surface area contributed by atoms with Crippen LogP contribution >= 0.6 is 0 Å². The molecule has 0 aromatic rings. The van der Waals surface area contributed by atoms with Gasteiger partial charge in [0.05, 0.1) is 0 Å². The lowest BCUT2D eigenvalue weighted by atomic mass is 10.4. The third kappa shape index (κ3) is 2.16. The van der Waals surface area contributed by atoms with Crippen LogP contribution in [0.25, 0.3) is 0 Å². The van der Waals surface area contributed by atoms with Crippen molar-refractivity contribution in [3.8, 4) is 0 Å². The summed E-state index contributed by atoms with van der Waals surface area (Å²) in [6.07, 6.45) is 0. The van der Waals surface area contributed by atoms with Crippen molar-refractivity contribution in [3.63, 3.8) is 0 Å². The van der Waals surface area contributed by atoms with Crippen LogP contribution in [0.4, 0.5) is 4.79 Å². The third-order valence-electron chi connectivity index (χ3n) is 2.30. The maximum atomic E-state index is 11.6. The first-order chi connectivity index (χ1) is 6.49. The average molecular weight is 221 g/mol. The number of rotatable bonds is 2. The molecule has 1 unspecified atom stereocenters. The van der Waals surface area contributed by atoms with Crippen molar-refractivity contribution >= 4 is 15.9 Å². The Morgan fingerprint density at radius 1 is 1.64 bits per heavy atom. The van der Waals surface area contributed by atoms with Crippen LogP contribution in [-0.2, 0) is 9.84 Å². The van der Waals surface area contributed by atoms with Crippen molar-refractivity contribution in [1.82, 2.24) is 10.2 Å². The van der Waals surface area contributed by atoms with Crippen LogP contribution in [-0.4, -0.2) is 50.1 Å². The van der Waals surface area contributed by atoms with Gasteiger partial charge in [-0.2, -0.15) is 0 Å². The predicted molar refractivity (Wildman–Crippen MR) is 52.4 cm³/mol. The van der Waals surface area contributed by atoms with Crippen LogP contribution < -0.4 is 11.1 Å². The van der Waals surface area contributed by atoms with Crippen molar-refractivity contribution in [3.05, 3.63) is 0 Å². The summed E-state index contributed by atoms with van der Waals surface area (Å²) >= 11 is 0. The molecule has 1 saturated heterocycles. The van der Waals surface area contributed by atoms with Crippen LogP contribution in [0.3, 0.4) is 0 Å². The van der Waals surface area contributed by atoms with E-state index in [1.54, 1.807) is 6.92 Å². The summed E-state index contributed by atoms with van der Waals surface area (Å²) < 4.78 is 23.2. The zero-order valence-electron chi connectivity index (χ0n) is 8.06. The average Bonchev–Trinajstić information content (AvgIpc) is 2.18. The number of primary amides is 1. The minimum atomic E-state index is -3.25. The van der Waals surface area contributed by atoms with E-state index in [4.69, 9.17) is 5.73 Å². The molecule has 3 N–H and O–H groups in total. The first-order valence-electron chi connectivity index (χ1n) is 4.47. The van der Waals surface area contributed by atoms with Gasteiger partial charge < -0.3 is 16.0 Å². The molecule has 0 aliphatic carbocycles. The Morgan fingerprint density at radius 3 is 2.79 bits per heavy atom. The normalized spacial score (nSPS) is 23.5. The molecule has 7 heteroatoms. The fourth-order valence-corrected chi connectivity index (χ4v) is 2.80. The Morgan fingerprint density at radius 2 is 2.29 bits per heavy atom. The smallest absolute Gasteiger partial charge is 0.315 e. The van der Waals surface area contributed by atoms with Gasteiger partial charge in [0.1, 0.15) is 5.37 Å². The van der Waals surface area contributed by atoms with E-state index in [1.807, 2.05) is 0 Å². The summed E-state index contributed by atoms with van der Waals surface area (Å²) in [7, 11) is -3.25. The minimum Gasteiger partial charge on any atom is -0.351 e. The van der Waals surface area contributed by atoms with Gasteiger partial charge in [-0.05, 0) is 0 Å². The Bertz CT molecular complexity index is 314. The lowest BCUT2D eigenvalue weighted by Crippen LogP contribution is -2.58. The van der Waals surface area contributed by atoms with Gasteiger partial charge in [-0.1, -0.05) is 6.92 Å². The van der Waals surface area contributed by atoms with E-state index < -0.39 is 21.2 Å². The van der Waals surface area contributed by atoms with Gasteiger partial charge in [0.15, 0.2) is 9.84 Å². The molecule has 1 atom stereocenters. The molecular formula is C7H15N3O3S. The number of hydrogen-bond acceptors (Lipinski definition) is 4. The van der Waals surface area contributed by atoms with Crippen molar-refractivity contribution in [2.24, 2.45) is 5.73 Å². The summed E-state index contributed by atoms with van der Waals surface area (Å²) in [5.41, 5.74) is 5.10. The van der Waals surface area contributed by atoms with Gasteiger partial charge in [0, 0.05) is 25.4 Å². The van der Waals surface area contributed by atoms with Crippen LogP contribution in [0.5, 0.6) is 0 Å². The van der Waals surface area contributed by atoms with Crippen molar-refractivity contribution in [2.75, 3.05) is 25.4 Å². The number of urea groups is 1. The Balaban J connectivity index is 2.88. The fourth-order valence-electron chi connectivity index (χ4n) is 1.44. The van der Waals surface area contributed by atoms with Gasteiger partial charge in [-0.15, -0.1) is 0 Å². The molecule has 1 heterocycles. The van der Waals surface area contributed by atoms with E-state index in [-0.39, 0.29) is 12.3 Å². The highest BCUT2D eigenvalue weighted by Gasteiger charge is 2.34. The minimum absolute atomic E-state index is 0.0170. The third-order valence-corrected chi connectivity index (χ3v) is 4.35. The molecule has 1 aliphatic heterocycles. The maximum absolute atomic E-state index is 11.6. The molecule has 2 amide bonds. The molecular weight excluding hydrogens is 206 g/mol. The second-order valence-corrected chi connectivity index (χ2v) is 5.59. The molecule has 14 heavy (non-hydrogen) atoms. The monoisotopic (exact) mass is 221 g/mol. The van der Waals surface area contributed by atoms with Crippen LogP contribution in [0, 0.1) is 0 Å². The van der Waals surface area contributed by atoms with Gasteiger partial charge in [-0.3, -0.25) is 0 Å². The van der Waals surface area contributed by atoms with Crippen LogP contribution in [0.2, 0.25) is 0 Å². The summed E-state index contributed by atoms with van der Waals surface area (Å²) in [5.74, 6) is 0.0170. The maximum Gasteiger partial charge on any atom is 0.315 e. The standard InChI is InChI=1S/C7H15N3O3S/c1-2-14(12,13)6-5-9-3-4-10(6)7(8)11/h6,9H,2-5H2,1H3,(H2,8,11). The van der Waals surface area contributed by atoms with Gasteiger partial charge in [0.2, 0.25) is 0 Å². The van der Waals surface area contributed by atoms with Gasteiger partial charge in [0.25, 0.3) is 0 Å². The van der Waals surface area contributed by atoms with E-state index in [9.17, 15) is 13.2 Å². The van der Waals surface area contributed by atoms with E-state index in [0.717, 1.165) is 0 Å². The highest BCUT2D eigenvalue weighted by atomic mass is 32.2. The molecule has 0 aromatic carbocycles. The highest BCUT2D eigenvalue weighted by molar-refractivity contribution is 7.92. The molecule has 0 radical (unpaired) electrons. The highest BCUT2D eigenvalue weighted by Crippen LogP contribution is 2.10. The number of piperazine rings is 1. The predicted octanol–water partition coefficient (Wildman–Crippen LogP) is -1.27. The lowest BCUT2D eigenvalue weighted by Gasteiger charge is -2.34. The van der Waals surface area contributed by atoms with Gasteiger partial charge in [-0.25, -0.2) is 13.2 Å². The topological polar surface area (TPSA) is 92.5 Å². The van der Waals surface area contributed by atoms with E-state index >= 15 is 0 Å². The molecule has 0 aromatic heterocycles. The number of hydrogen-bond donors (Lipinski definition) is 2. The number of amides is 2. The van der Waals surface area contributed by atoms with E-state index in [2.05, 4.69) is 5.32 Å². The summed E-state index contributed by atoms with van der Waals surface area (Å²) in [5, 5.41) is 2.12. The van der Waals surface area contributed by atoms with Crippen molar-refractivity contribution in [2.45, 2.75) is 12.3 Å². The van der Waals surface area contributed by atoms with Gasteiger partial charge >= 0.3 is 6.03 Å². The zero-order valence-corrected chi connectivity index (χ0v) is 8.88. The Hall–Kier alpha value is -0.820. The molecule has 0 spiro atoms. The largest absolute Gasteiger partial charge is 0.351 e. The summed E-state index contributed by atoms with van der Waals surface area (Å²) in [6.45, 7) is 2.75. The fraction of sp³-hybridized carbons (Fsp3) is 0.857. The molecule has 1 aliphatic rings. The molecule has 0 bridgehead atoms. The number of sulfone groups is 1. The number of carbonyl (C=O) groups excluding carboxylic acids is 1. The second kappa shape index (κ2) is 4.14. The number of carbonyl (C=O) groups is 1. The number of nitrogens with one attached hydrogen (secondary N) is 1. The van der Waals surface area contributed by atoms with E-state index in [1.165, 1.54) is 4.90 Å². The molecule has 0 saturated carbocycles. The van der Waals surface area contributed by atoms with Crippen molar-refractivity contribution in [1.29, 1.82) is 0 Å². The molecule has 1 fully saturated rings. The molecule has 82 valence electrons. The SMILES string of the molecule is CCS(=O)(=O)C1CNCCN1C(N)=O. The molecule has 1 rings (SSSR count). The van der Waals surface area contributed by atoms with Crippen LogP contribution in [0.15, 0.2) is 0 Å². The first-order valence-corrected chi connectivity index (χ1v) is 6.19. The Kier molecular flexibility index (Phi) is 3.33. The summed E-state index contributed by atoms with van der Waals surface area (Å²) in [4.78, 5) is 12.2. The van der Waals surface area contributed by atoms with Crippen LogP contribution in [0.1, 0.15) is 6.92 Å². The lowest BCUT2D eigenvalue weighted by molar-refractivity contribution is 0.189. The van der Waals surface area contributed by atoms with E-state index in [0.29, 0.717) is 13.1 Å². The molecule has 6 nitrogen and oxygen atoms in total. The number of nitrogens with zero attached hydrogens (tertiary/aromatic N) is 1. The quantitative estimate of drug-likeness (QED) is 0.608. The second-order valence-electron chi connectivity index (χ2n) is 3.14. The Labute approximate surface area is 83.4 Å². The number of nitrogens with two attached hydrogens (primary N) is 1.